The summed E-state index contributed by atoms with van der Waals surface area (Å²) in [5, 5.41) is 9.31. The molecule has 0 saturated heterocycles. The molecule has 0 amide bonds. The molecule has 15 heavy (non-hydrogen) atoms. The fourth-order valence-corrected chi connectivity index (χ4v) is 2.17. The van der Waals surface area contributed by atoms with Crippen LogP contribution in [0.25, 0.3) is 0 Å². The second-order valence-electron chi connectivity index (χ2n) is 5.70. The van der Waals surface area contributed by atoms with Gasteiger partial charge in [-0.05, 0) is 52.4 Å². The SMILES string of the molecule is CC1CCC(OC(C)(C)C)(C(=O)O)CC1. The molecule has 1 rings (SSSR count). The lowest BCUT2D eigenvalue weighted by atomic mass is 9.79. The zero-order valence-electron chi connectivity index (χ0n) is 10.2. The van der Waals surface area contributed by atoms with Crippen LogP contribution in [0.3, 0.4) is 0 Å². The van der Waals surface area contributed by atoms with Crippen LogP contribution >= 0.6 is 0 Å². The van der Waals surface area contributed by atoms with Crippen LogP contribution in [0.1, 0.15) is 53.4 Å². The molecule has 3 heteroatoms. The highest BCUT2D eigenvalue weighted by Gasteiger charge is 2.44. The molecule has 0 aromatic rings. The third-order valence-corrected chi connectivity index (χ3v) is 2.97. The van der Waals surface area contributed by atoms with Crippen molar-refractivity contribution in [2.75, 3.05) is 0 Å². The Morgan fingerprint density at radius 3 is 2.13 bits per heavy atom. The number of rotatable bonds is 2. The Balaban J connectivity index is 2.76. The van der Waals surface area contributed by atoms with E-state index in [9.17, 15) is 9.90 Å². The Morgan fingerprint density at radius 2 is 1.80 bits per heavy atom. The normalized spacial score (nSPS) is 32.7. The van der Waals surface area contributed by atoms with E-state index in [1.54, 1.807) is 0 Å². The van der Waals surface area contributed by atoms with Crippen molar-refractivity contribution in [1.82, 2.24) is 0 Å². The third kappa shape index (κ3) is 3.20. The summed E-state index contributed by atoms with van der Waals surface area (Å²) >= 11 is 0. The van der Waals surface area contributed by atoms with Gasteiger partial charge < -0.3 is 9.84 Å². The Labute approximate surface area is 91.8 Å². The van der Waals surface area contributed by atoms with E-state index in [0.717, 1.165) is 12.8 Å². The van der Waals surface area contributed by atoms with Gasteiger partial charge in [-0.25, -0.2) is 4.79 Å². The number of hydrogen-bond acceptors (Lipinski definition) is 2. The van der Waals surface area contributed by atoms with Gasteiger partial charge in [0.1, 0.15) is 0 Å². The summed E-state index contributed by atoms with van der Waals surface area (Å²) < 4.78 is 5.78. The Morgan fingerprint density at radius 1 is 1.33 bits per heavy atom. The summed E-state index contributed by atoms with van der Waals surface area (Å²) in [4.78, 5) is 11.3. The van der Waals surface area contributed by atoms with Crippen molar-refractivity contribution < 1.29 is 14.6 Å². The van der Waals surface area contributed by atoms with E-state index in [-0.39, 0.29) is 5.60 Å². The highest BCUT2D eigenvalue weighted by Crippen LogP contribution is 2.37. The Hall–Kier alpha value is -0.570. The van der Waals surface area contributed by atoms with Gasteiger partial charge in [0.05, 0.1) is 5.60 Å². The van der Waals surface area contributed by atoms with Crippen LogP contribution in [-0.4, -0.2) is 22.3 Å². The molecule has 0 aromatic carbocycles. The molecule has 0 atom stereocenters. The van der Waals surface area contributed by atoms with Gasteiger partial charge in [-0.3, -0.25) is 0 Å². The number of carboxylic acids is 1. The fourth-order valence-electron chi connectivity index (χ4n) is 2.17. The second-order valence-corrected chi connectivity index (χ2v) is 5.70. The van der Waals surface area contributed by atoms with E-state index in [2.05, 4.69) is 6.92 Å². The van der Waals surface area contributed by atoms with Crippen LogP contribution < -0.4 is 0 Å². The van der Waals surface area contributed by atoms with Crippen molar-refractivity contribution >= 4 is 5.97 Å². The van der Waals surface area contributed by atoms with E-state index in [0.29, 0.717) is 18.8 Å². The largest absolute Gasteiger partial charge is 0.479 e. The lowest BCUT2D eigenvalue weighted by Gasteiger charge is -2.40. The third-order valence-electron chi connectivity index (χ3n) is 2.97. The number of aliphatic carboxylic acids is 1. The van der Waals surface area contributed by atoms with Gasteiger partial charge in [-0.2, -0.15) is 0 Å². The molecule has 1 aliphatic rings. The fraction of sp³-hybridized carbons (Fsp3) is 0.917. The molecule has 0 unspecified atom stereocenters. The van der Waals surface area contributed by atoms with Crippen molar-refractivity contribution in [3.63, 3.8) is 0 Å². The monoisotopic (exact) mass is 214 g/mol. The zero-order valence-corrected chi connectivity index (χ0v) is 10.2. The van der Waals surface area contributed by atoms with Crippen LogP contribution in [-0.2, 0) is 9.53 Å². The number of carboxylic acid groups (broad SMARTS) is 1. The molecule has 0 radical (unpaired) electrons. The molecule has 1 fully saturated rings. The highest BCUT2D eigenvalue weighted by atomic mass is 16.5. The number of carbonyl (C=O) groups is 1. The maximum Gasteiger partial charge on any atom is 0.335 e. The molecular formula is C12H22O3. The van der Waals surface area contributed by atoms with Gasteiger partial charge in [0.2, 0.25) is 0 Å². The Bertz CT molecular complexity index is 232. The smallest absolute Gasteiger partial charge is 0.335 e. The summed E-state index contributed by atoms with van der Waals surface area (Å²) in [6.45, 7) is 7.91. The minimum Gasteiger partial charge on any atom is -0.479 e. The molecule has 1 saturated carbocycles. The van der Waals surface area contributed by atoms with E-state index < -0.39 is 11.6 Å². The molecule has 1 N–H and O–H groups in total. The standard InChI is InChI=1S/C12H22O3/c1-9-5-7-12(8-6-9,10(13)14)15-11(2,3)4/h9H,5-8H2,1-4H3,(H,13,14). The summed E-state index contributed by atoms with van der Waals surface area (Å²) in [5.41, 5.74) is -1.33. The summed E-state index contributed by atoms with van der Waals surface area (Å²) in [7, 11) is 0. The van der Waals surface area contributed by atoms with Gasteiger partial charge in [0, 0.05) is 0 Å². The van der Waals surface area contributed by atoms with Crippen LogP contribution in [0.2, 0.25) is 0 Å². The molecule has 1 aliphatic carbocycles. The summed E-state index contributed by atoms with van der Waals surface area (Å²) in [6, 6.07) is 0. The first kappa shape index (κ1) is 12.5. The Kier molecular flexibility index (Phi) is 3.44. The quantitative estimate of drug-likeness (QED) is 0.768. The predicted molar refractivity (Wildman–Crippen MR) is 58.8 cm³/mol. The molecule has 0 heterocycles. The lowest BCUT2D eigenvalue weighted by Crippen LogP contribution is -2.48. The highest BCUT2D eigenvalue weighted by molar-refractivity contribution is 5.77. The first-order valence-electron chi connectivity index (χ1n) is 5.69. The maximum atomic E-state index is 11.3. The molecule has 3 nitrogen and oxygen atoms in total. The molecule has 0 spiro atoms. The lowest BCUT2D eigenvalue weighted by molar-refractivity contribution is -0.193. The van der Waals surface area contributed by atoms with Crippen molar-refractivity contribution in [1.29, 1.82) is 0 Å². The first-order valence-corrected chi connectivity index (χ1v) is 5.69. The minimum absolute atomic E-state index is 0.390. The first-order chi connectivity index (χ1) is 6.75. The summed E-state index contributed by atoms with van der Waals surface area (Å²) in [6.07, 6.45) is 3.17. The zero-order chi connectivity index (χ0) is 11.7. The molecular weight excluding hydrogens is 192 g/mol. The van der Waals surface area contributed by atoms with Crippen molar-refractivity contribution in [3.05, 3.63) is 0 Å². The van der Waals surface area contributed by atoms with Gasteiger partial charge >= 0.3 is 5.97 Å². The summed E-state index contributed by atoms with van der Waals surface area (Å²) in [5.74, 6) is -0.176. The van der Waals surface area contributed by atoms with Gasteiger partial charge in [0.25, 0.3) is 0 Å². The maximum absolute atomic E-state index is 11.3. The van der Waals surface area contributed by atoms with Crippen LogP contribution in [0.4, 0.5) is 0 Å². The van der Waals surface area contributed by atoms with Crippen molar-refractivity contribution in [3.8, 4) is 0 Å². The predicted octanol–water partition coefficient (Wildman–Crippen LogP) is 2.84. The molecule has 0 aliphatic heterocycles. The van der Waals surface area contributed by atoms with Gasteiger partial charge in [-0.1, -0.05) is 6.92 Å². The number of ether oxygens (including phenoxy) is 1. The molecule has 0 bridgehead atoms. The van der Waals surface area contributed by atoms with E-state index >= 15 is 0 Å². The van der Waals surface area contributed by atoms with E-state index in [4.69, 9.17) is 4.74 Å². The minimum atomic E-state index is -0.940. The average molecular weight is 214 g/mol. The van der Waals surface area contributed by atoms with Crippen molar-refractivity contribution in [2.45, 2.75) is 64.6 Å². The van der Waals surface area contributed by atoms with Crippen LogP contribution in [0.15, 0.2) is 0 Å². The molecule has 0 aromatic heterocycles. The second kappa shape index (κ2) is 4.12. The van der Waals surface area contributed by atoms with Gasteiger partial charge in [0.15, 0.2) is 5.60 Å². The van der Waals surface area contributed by atoms with Crippen molar-refractivity contribution in [2.24, 2.45) is 5.92 Å². The van der Waals surface area contributed by atoms with E-state index in [1.165, 1.54) is 0 Å². The number of hydrogen-bond donors (Lipinski definition) is 1. The topological polar surface area (TPSA) is 46.5 Å². The van der Waals surface area contributed by atoms with Crippen LogP contribution in [0, 0.1) is 5.92 Å². The van der Waals surface area contributed by atoms with Gasteiger partial charge in [-0.15, -0.1) is 0 Å². The average Bonchev–Trinajstić information content (AvgIpc) is 2.06. The van der Waals surface area contributed by atoms with E-state index in [1.807, 2.05) is 20.8 Å². The van der Waals surface area contributed by atoms with Crippen LogP contribution in [0.5, 0.6) is 0 Å². The molecule has 88 valence electrons.